The summed E-state index contributed by atoms with van der Waals surface area (Å²) < 4.78 is 4.57. The number of nitrogens with zero attached hydrogens (tertiary/aromatic N) is 7. The van der Waals surface area contributed by atoms with Crippen LogP contribution in [0.2, 0.25) is 5.02 Å². The molecule has 0 bridgehead atoms. The van der Waals surface area contributed by atoms with Crippen molar-refractivity contribution < 1.29 is 9.90 Å². The lowest BCUT2D eigenvalue weighted by molar-refractivity contribution is -0.0299. The number of fused-ring (bicyclic) bond motifs is 1. The summed E-state index contributed by atoms with van der Waals surface area (Å²) in [5, 5.41) is 20.4. The van der Waals surface area contributed by atoms with Crippen molar-refractivity contribution in [2.75, 3.05) is 13.1 Å². The molecule has 11 heteroatoms. The zero-order valence-corrected chi connectivity index (χ0v) is 18.7. The summed E-state index contributed by atoms with van der Waals surface area (Å²) in [7, 11) is 1.76. The highest BCUT2D eigenvalue weighted by molar-refractivity contribution is 6.30. The first-order chi connectivity index (χ1) is 15.8. The van der Waals surface area contributed by atoms with Crippen LogP contribution in [0.5, 0.6) is 0 Å². The summed E-state index contributed by atoms with van der Waals surface area (Å²) >= 11 is 5.95. The lowest BCUT2D eigenvalue weighted by Crippen LogP contribution is -2.49. The van der Waals surface area contributed by atoms with Crippen LogP contribution in [0.4, 0.5) is 0 Å². The van der Waals surface area contributed by atoms with E-state index in [4.69, 9.17) is 11.6 Å². The number of carbonyl (C=O) groups excluding carboxylic acids is 1. The molecule has 0 spiro atoms. The van der Waals surface area contributed by atoms with Crippen LogP contribution in [-0.4, -0.2) is 63.7 Å². The van der Waals surface area contributed by atoms with Gasteiger partial charge in [-0.1, -0.05) is 11.6 Å². The van der Waals surface area contributed by atoms with Crippen LogP contribution in [0.3, 0.4) is 0 Å². The third kappa shape index (κ3) is 4.03. The molecule has 1 fully saturated rings. The minimum atomic E-state index is -1.11. The Morgan fingerprint density at radius 2 is 1.88 bits per heavy atom. The number of halogens is 1. The molecule has 1 aliphatic rings. The molecule has 5 rings (SSSR count). The minimum absolute atomic E-state index is 0.0931. The van der Waals surface area contributed by atoms with Crippen molar-refractivity contribution in [3.63, 3.8) is 0 Å². The number of hydrogen-bond donors (Lipinski definition) is 1. The third-order valence-corrected chi connectivity index (χ3v) is 6.28. The Balaban J connectivity index is 1.33. The molecule has 3 aromatic heterocycles. The van der Waals surface area contributed by atoms with Gasteiger partial charge >= 0.3 is 0 Å². The maximum Gasteiger partial charge on any atom is 0.264 e. The number of aryl methyl sites for hydroxylation is 1. The van der Waals surface area contributed by atoms with Crippen molar-refractivity contribution in [1.82, 2.24) is 34.0 Å². The maximum absolute atomic E-state index is 13.1. The summed E-state index contributed by atoms with van der Waals surface area (Å²) in [5.74, 6) is -0.111. The van der Waals surface area contributed by atoms with Crippen LogP contribution < -0.4 is 5.56 Å². The zero-order chi connectivity index (χ0) is 23.2. The monoisotopic (exact) mass is 467 g/mol. The number of aliphatic hydroxyl groups is 1. The number of benzene rings is 1. The van der Waals surface area contributed by atoms with E-state index in [1.54, 1.807) is 51.8 Å². The fourth-order valence-electron chi connectivity index (χ4n) is 4.15. The van der Waals surface area contributed by atoms with Gasteiger partial charge in [-0.15, -0.1) is 0 Å². The van der Waals surface area contributed by atoms with E-state index in [9.17, 15) is 14.7 Å². The highest BCUT2D eigenvalue weighted by Crippen LogP contribution is 2.25. The Kier molecular flexibility index (Phi) is 5.26. The van der Waals surface area contributed by atoms with E-state index in [1.807, 2.05) is 0 Å². The van der Waals surface area contributed by atoms with Crippen LogP contribution in [0.15, 0.2) is 54.0 Å². The molecule has 1 aromatic carbocycles. The molecule has 0 unspecified atom stereocenters. The van der Waals surface area contributed by atoms with Crippen LogP contribution in [0.25, 0.3) is 16.7 Å². The maximum atomic E-state index is 13.1. The quantitative estimate of drug-likeness (QED) is 0.488. The van der Waals surface area contributed by atoms with Crippen LogP contribution in [0, 0.1) is 0 Å². The second-order valence-electron chi connectivity index (χ2n) is 8.37. The third-order valence-electron chi connectivity index (χ3n) is 6.02. The lowest BCUT2D eigenvalue weighted by atomic mass is 9.91. The Labute approximate surface area is 193 Å². The van der Waals surface area contributed by atoms with Crippen molar-refractivity contribution in [3.05, 3.63) is 70.1 Å². The molecule has 1 saturated heterocycles. The highest BCUT2D eigenvalue weighted by atomic mass is 35.5. The van der Waals surface area contributed by atoms with Crippen LogP contribution in [0.1, 0.15) is 23.2 Å². The van der Waals surface area contributed by atoms with Crippen molar-refractivity contribution in [1.29, 1.82) is 0 Å². The normalized spacial score (nSPS) is 15.8. The fraction of sp³-hybridized carbons (Fsp3) is 0.318. The standard InChI is InChI=1S/C22H22ClN7O3/c1-27-12-15(10-25-27)20(31)28-8-6-22(33,7-9-28)13-29-14-24-19-18(21(29)32)11-26-30(19)17-4-2-16(23)3-5-17/h2-5,10-12,14,33H,6-9,13H2,1H3. The molecule has 4 heterocycles. The van der Waals surface area contributed by atoms with Gasteiger partial charge in [0.05, 0.1) is 35.8 Å². The van der Waals surface area contributed by atoms with E-state index >= 15 is 0 Å². The summed E-state index contributed by atoms with van der Waals surface area (Å²) in [6.07, 6.45) is 6.83. The number of likely N-dealkylation sites (tertiary alicyclic amines) is 1. The molecule has 1 N–H and O–H groups in total. The Morgan fingerprint density at radius 3 is 2.55 bits per heavy atom. The Morgan fingerprint density at radius 1 is 1.15 bits per heavy atom. The van der Waals surface area contributed by atoms with Gasteiger partial charge in [-0.2, -0.15) is 10.2 Å². The van der Waals surface area contributed by atoms with E-state index in [0.717, 1.165) is 5.69 Å². The number of rotatable bonds is 4. The predicted molar refractivity (Wildman–Crippen MR) is 121 cm³/mol. The number of piperidine rings is 1. The van der Waals surface area contributed by atoms with Gasteiger partial charge < -0.3 is 10.0 Å². The molecule has 1 amide bonds. The second-order valence-corrected chi connectivity index (χ2v) is 8.80. The molecule has 1 aliphatic heterocycles. The molecular weight excluding hydrogens is 446 g/mol. The van der Waals surface area contributed by atoms with Gasteiger partial charge in [0.25, 0.3) is 11.5 Å². The lowest BCUT2D eigenvalue weighted by Gasteiger charge is -2.38. The van der Waals surface area contributed by atoms with E-state index < -0.39 is 5.60 Å². The van der Waals surface area contributed by atoms with Gasteiger partial charge in [0.15, 0.2) is 5.65 Å². The molecule has 0 radical (unpaired) electrons. The summed E-state index contributed by atoms with van der Waals surface area (Å²) in [6.45, 7) is 0.877. The topological polar surface area (TPSA) is 111 Å². The van der Waals surface area contributed by atoms with Crippen LogP contribution >= 0.6 is 11.6 Å². The molecule has 0 aliphatic carbocycles. The number of carbonyl (C=O) groups is 1. The van der Waals surface area contributed by atoms with E-state index in [1.165, 1.54) is 23.3 Å². The van der Waals surface area contributed by atoms with Gasteiger partial charge in [0.2, 0.25) is 0 Å². The first-order valence-corrected chi connectivity index (χ1v) is 10.9. The molecule has 170 valence electrons. The summed E-state index contributed by atoms with van der Waals surface area (Å²) in [6, 6.07) is 7.08. The van der Waals surface area contributed by atoms with Gasteiger partial charge in [0.1, 0.15) is 11.7 Å². The molecule has 4 aromatic rings. The molecule has 33 heavy (non-hydrogen) atoms. The van der Waals surface area contributed by atoms with Gasteiger partial charge in [-0.05, 0) is 37.1 Å². The van der Waals surface area contributed by atoms with E-state index in [0.29, 0.717) is 47.6 Å². The molecule has 0 saturated carbocycles. The Bertz CT molecular complexity index is 1380. The zero-order valence-electron chi connectivity index (χ0n) is 17.9. The van der Waals surface area contributed by atoms with Crippen molar-refractivity contribution >= 4 is 28.5 Å². The molecular formula is C22H22ClN7O3. The van der Waals surface area contributed by atoms with Crippen LogP contribution in [-0.2, 0) is 13.6 Å². The van der Waals surface area contributed by atoms with Crippen molar-refractivity contribution in [2.24, 2.45) is 7.05 Å². The molecule has 0 atom stereocenters. The number of hydrogen-bond acceptors (Lipinski definition) is 6. The fourth-order valence-corrected chi connectivity index (χ4v) is 4.27. The SMILES string of the molecule is Cn1cc(C(=O)N2CCC(O)(Cn3cnc4c(cnn4-c4ccc(Cl)cc4)c3=O)CC2)cn1. The Hall–Kier alpha value is -3.50. The number of aromatic nitrogens is 6. The van der Waals surface area contributed by atoms with Crippen molar-refractivity contribution in [2.45, 2.75) is 25.0 Å². The largest absolute Gasteiger partial charge is 0.388 e. The first-order valence-electron chi connectivity index (χ1n) is 10.5. The minimum Gasteiger partial charge on any atom is -0.388 e. The second kappa shape index (κ2) is 8.13. The average molecular weight is 468 g/mol. The highest BCUT2D eigenvalue weighted by Gasteiger charge is 2.35. The summed E-state index contributed by atoms with van der Waals surface area (Å²) in [4.78, 5) is 31.8. The first kappa shape index (κ1) is 21.4. The van der Waals surface area contributed by atoms with Crippen molar-refractivity contribution in [3.8, 4) is 5.69 Å². The van der Waals surface area contributed by atoms with E-state index in [2.05, 4.69) is 15.2 Å². The average Bonchev–Trinajstić information content (AvgIpc) is 3.43. The predicted octanol–water partition coefficient (Wildman–Crippen LogP) is 1.64. The number of amides is 1. The van der Waals surface area contributed by atoms with Gasteiger partial charge in [-0.3, -0.25) is 18.8 Å². The molecule has 10 nitrogen and oxygen atoms in total. The summed E-state index contributed by atoms with van der Waals surface area (Å²) in [5.41, 5.74) is 0.302. The van der Waals surface area contributed by atoms with Gasteiger partial charge in [0, 0.05) is 31.4 Å². The van der Waals surface area contributed by atoms with E-state index in [-0.39, 0.29) is 18.0 Å². The van der Waals surface area contributed by atoms with Gasteiger partial charge in [-0.25, -0.2) is 9.67 Å². The smallest absolute Gasteiger partial charge is 0.264 e.